The SMILES string of the molecule is CC(C)OC(=O)[C@H](C)NP(=O)(OC[C@H]1O[C@@H](n2ccc(=O)[nH]c2=S)C(C)(F)[C@H]1O)Oc1ccccc1. The first kappa shape index (κ1) is 28.2. The molecule has 1 aliphatic heterocycles. The highest BCUT2D eigenvalue weighted by atomic mass is 32.1. The molecule has 6 atom stereocenters. The Kier molecular flexibility index (Phi) is 8.86. The van der Waals surface area contributed by atoms with E-state index in [1.807, 2.05) is 0 Å². The Morgan fingerprint density at radius 2 is 2.00 bits per heavy atom. The third-order valence-corrected chi connectivity index (χ3v) is 7.21. The van der Waals surface area contributed by atoms with Crippen molar-refractivity contribution in [1.29, 1.82) is 0 Å². The summed E-state index contributed by atoms with van der Waals surface area (Å²) >= 11 is 5.08. The molecule has 0 saturated carbocycles. The van der Waals surface area contributed by atoms with E-state index in [1.54, 1.807) is 32.0 Å². The van der Waals surface area contributed by atoms with Gasteiger partial charge in [0.2, 0.25) is 0 Å². The number of aromatic amines is 1. The van der Waals surface area contributed by atoms with Gasteiger partial charge in [0.15, 0.2) is 16.7 Å². The molecule has 14 heteroatoms. The quantitative estimate of drug-likeness (QED) is 0.232. The van der Waals surface area contributed by atoms with Crippen molar-refractivity contribution in [2.45, 2.75) is 63.9 Å². The highest BCUT2D eigenvalue weighted by Gasteiger charge is 2.55. The highest BCUT2D eigenvalue weighted by molar-refractivity contribution is 7.71. The minimum Gasteiger partial charge on any atom is -0.462 e. The summed E-state index contributed by atoms with van der Waals surface area (Å²) in [5.74, 6) is -0.509. The van der Waals surface area contributed by atoms with E-state index < -0.39 is 62.1 Å². The van der Waals surface area contributed by atoms with E-state index >= 15 is 4.39 Å². The lowest BCUT2D eigenvalue weighted by Gasteiger charge is -2.25. The van der Waals surface area contributed by atoms with Crippen LogP contribution in [0.1, 0.15) is 33.9 Å². The average molecular weight is 546 g/mol. The summed E-state index contributed by atoms with van der Waals surface area (Å²) < 4.78 is 52.0. The zero-order valence-corrected chi connectivity index (χ0v) is 21.8. The molecule has 1 fully saturated rings. The van der Waals surface area contributed by atoms with Crippen molar-refractivity contribution in [3.8, 4) is 5.75 Å². The normalized spacial score (nSPS) is 26.4. The fourth-order valence-corrected chi connectivity index (χ4v) is 5.23. The van der Waals surface area contributed by atoms with Gasteiger partial charge in [-0.15, -0.1) is 0 Å². The van der Waals surface area contributed by atoms with Gasteiger partial charge in [-0.3, -0.25) is 23.7 Å². The van der Waals surface area contributed by atoms with Gasteiger partial charge in [0.25, 0.3) is 5.56 Å². The number of ether oxygens (including phenoxy) is 2. The van der Waals surface area contributed by atoms with Crippen LogP contribution in [0.3, 0.4) is 0 Å². The number of para-hydroxylation sites is 1. The van der Waals surface area contributed by atoms with Crippen molar-refractivity contribution in [3.05, 3.63) is 57.7 Å². The van der Waals surface area contributed by atoms with E-state index in [2.05, 4.69) is 10.1 Å². The molecule has 0 bridgehead atoms. The van der Waals surface area contributed by atoms with Gasteiger partial charge in [-0.2, -0.15) is 5.09 Å². The lowest BCUT2D eigenvalue weighted by atomic mass is 9.99. The minimum absolute atomic E-state index is 0.109. The van der Waals surface area contributed by atoms with Gasteiger partial charge in [0.1, 0.15) is 24.0 Å². The van der Waals surface area contributed by atoms with Crippen LogP contribution in [-0.2, 0) is 23.4 Å². The molecule has 36 heavy (non-hydrogen) atoms. The molecule has 3 N–H and O–H groups in total. The first-order valence-electron chi connectivity index (χ1n) is 11.1. The largest absolute Gasteiger partial charge is 0.462 e. The molecule has 0 spiro atoms. The molecule has 3 rings (SSSR count). The lowest BCUT2D eigenvalue weighted by molar-refractivity contribution is -0.149. The van der Waals surface area contributed by atoms with Crippen molar-refractivity contribution < 1.29 is 37.4 Å². The van der Waals surface area contributed by atoms with E-state index in [9.17, 15) is 19.3 Å². The summed E-state index contributed by atoms with van der Waals surface area (Å²) in [4.78, 5) is 26.1. The number of benzene rings is 1. The first-order valence-corrected chi connectivity index (χ1v) is 13.1. The zero-order valence-electron chi connectivity index (χ0n) is 20.1. The van der Waals surface area contributed by atoms with Crippen molar-refractivity contribution in [2.24, 2.45) is 0 Å². The fourth-order valence-electron chi connectivity index (χ4n) is 3.47. The molecule has 2 heterocycles. The Hall–Kier alpha value is -2.41. The number of hydrogen-bond acceptors (Lipinski definition) is 9. The monoisotopic (exact) mass is 545 g/mol. The van der Waals surface area contributed by atoms with Gasteiger partial charge in [-0.25, -0.2) is 8.96 Å². The number of hydrogen-bond donors (Lipinski definition) is 3. The molecule has 1 aromatic heterocycles. The van der Waals surface area contributed by atoms with E-state index in [0.717, 1.165) is 17.6 Å². The summed E-state index contributed by atoms with van der Waals surface area (Å²) in [5.41, 5.74) is -2.83. The Labute approximate surface area is 212 Å². The summed E-state index contributed by atoms with van der Waals surface area (Å²) in [6.45, 7) is 5.29. The summed E-state index contributed by atoms with van der Waals surface area (Å²) in [6, 6.07) is 8.12. The van der Waals surface area contributed by atoms with E-state index in [0.29, 0.717) is 0 Å². The second-order valence-electron chi connectivity index (χ2n) is 8.67. The number of aliphatic hydroxyl groups is 1. The number of aromatic nitrogens is 2. The fraction of sp³-hybridized carbons (Fsp3) is 0.500. The van der Waals surface area contributed by atoms with Gasteiger partial charge >= 0.3 is 13.7 Å². The smallest absolute Gasteiger partial charge is 0.459 e. The zero-order chi connectivity index (χ0) is 26.7. The summed E-state index contributed by atoms with van der Waals surface area (Å²) in [5, 5.41) is 13.1. The van der Waals surface area contributed by atoms with Crippen molar-refractivity contribution in [1.82, 2.24) is 14.6 Å². The van der Waals surface area contributed by atoms with Crippen LogP contribution < -0.4 is 15.2 Å². The molecule has 1 aromatic carbocycles. The van der Waals surface area contributed by atoms with Crippen LogP contribution in [0, 0.1) is 4.77 Å². The molecule has 0 radical (unpaired) electrons. The second-order valence-corrected chi connectivity index (χ2v) is 10.8. The standard InChI is InChI=1S/C22H29FN3O8PS/c1-13(2)32-19(29)14(3)25-35(30,34-15-8-6-5-7-9-15)31-12-16-18(28)22(4,23)20(33-16)26-11-10-17(27)24-21(26)36/h5-11,13-14,16,18,20,28H,12H2,1-4H3,(H,25,30)(H,24,27,36)/t14-,16+,18-,20+,22?,35?/m0/s1. The molecule has 1 aliphatic rings. The van der Waals surface area contributed by atoms with E-state index in [1.165, 1.54) is 25.3 Å². The highest BCUT2D eigenvalue weighted by Crippen LogP contribution is 2.47. The maximum Gasteiger partial charge on any atom is 0.459 e. The van der Waals surface area contributed by atoms with Crippen LogP contribution >= 0.6 is 20.0 Å². The number of alkyl halides is 1. The van der Waals surface area contributed by atoms with Gasteiger partial charge in [0.05, 0.1) is 12.7 Å². The lowest BCUT2D eigenvalue weighted by Crippen LogP contribution is -2.41. The van der Waals surface area contributed by atoms with Gasteiger partial charge in [-0.1, -0.05) is 18.2 Å². The van der Waals surface area contributed by atoms with Crippen LogP contribution in [0.5, 0.6) is 5.75 Å². The number of carbonyl (C=O) groups excluding carboxylic acids is 1. The van der Waals surface area contributed by atoms with E-state index in [4.69, 9.17) is 30.7 Å². The van der Waals surface area contributed by atoms with Crippen LogP contribution in [0.2, 0.25) is 0 Å². The molecule has 0 amide bonds. The molecular formula is C22H29FN3O8PS. The number of H-pyrrole nitrogens is 1. The summed E-state index contributed by atoms with van der Waals surface area (Å²) in [6.07, 6.45) is -3.59. The van der Waals surface area contributed by atoms with Crippen LogP contribution in [0.25, 0.3) is 0 Å². The Balaban J connectivity index is 1.80. The van der Waals surface area contributed by atoms with Gasteiger partial charge in [-0.05, 0) is 52.0 Å². The third-order valence-electron chi connectivity index (χ3n) is 5.26. The van der Waals surface area contributed by atoms with Crippen LogP contribution in [-0.4, -0.2) is 57.3 Å². The first-order chi connectivity index (χ1) is 16.8. The van der Waals surface area contributed by atoms with E-state index in [-0.39, 0.29) is 10.5 Å². The number of rotatable bonds is 10. The van der Waals surface area contributed by atoms with Crippen LogP contribution in [0.4, 0.5) is 4.39 Å². The van der Waals surface area contributed by atoms with Gasteiger partial charge in [0, 0.05) is 12.3 Å². The number of carbonyl (C=O) groups is 1. The number of nitrogens with zero attached hydrogens (tertiary/aromatic N) is 1. The second kappa shape index (κ2) is 11.3. The predicted octanol–water partition coefficient (Wildman–Crippen LogP) is 3.03. The summed E-state index contributed by atoms with van der Waals surface area (Å²) in [7, 11) is -4.26. The van der Waals surface area contributed by atoms with Crippen LogP contribution in [0.15, 0.2) is 47.4 Å². The number of esters is 1. The van der Waals surface area contributed by atoms with Gasteiger partial charge < -0.3 is 19.1 Å². The maximum atomic E-state index is 15.5. The van der Waals surface area contributed by atoms with Crippen molar-refractivity contribution in [3.63, 3.8) is 0 Å². The van der Waals surface area contributed by atoms with Crippen molar-refractivity contribution in [2.75, 3.05) is 6.61 Å². The Morgan fingerprint density at radius 1 is 1.33 bits per heavy atom. The predicted molar refractivity (Wildman–Crippen MR) is 130 cm³/mol. The molecule has 0 aliphatic carbocycles. The number of aliphatic hydroxyl groups excluding tert-OH is 1. The number of halogens is 1. The molecule has 2 unspecified atom stereocenters. The van der Waals surface area contributed by atoms with Crippen molar-refractivity contribution >= 4 is 25.9 Å². The molecular weight excluding hydrogens is 516 g/mol. The minimum atomic E-state index is -4.26. The molecule has 2 aromatic rings. The Bertz CT molecular complexity index is 1220. The maximum absolute atomic E-state index is 15.5. The molecule has 1 saturated heterocycles. The number of nitrogens with one attached hydrogen (secondary N) is 2. The topological polar surface area (TPSA) is 141 Å². The Morgan fingerprint density at radius 3 is 2.61 bits per heavy atom. The average Bonchev–Trinajstić information content (AvgIpc) is 3.01. The third kappa shape index (κ3) is 6.67. The molecule has 198 valence electrons. The molecule has 11 nitrogen and oxygen atoms in total.